The Hall–Kier alpha value is -1.36. The Labute approximate surface area is 121 Å². The zero-order chi connectivity index (χ0) is 13.2. The van der Waals surface area contributed by atoms with Crippen LogP contribution in [0.3, 0.4) is 0 Å². The summed E-state index contributed by atoms with van der Waals surface area (Å²) in [6.45, 7) is 1.65. The second-order valence-electron chi connectivity index (χ2n) is 4.32. The van der Waals surface area contributed by atoms with Crippen molar-refractivity contribution < 1.29 is 0 Å². The number of halogens is 2. The molecule has 0 saturated carbocycles. The molecule has 2 aromatic rings. The summed E-state index contributed by atoms with van der Waals surface area (Å²) in [6.07, 6.45) is 0.868. The summed E-state index contributed by atoms with van der Waals surface area (Å²) >= 11 is 12.0. The van der Waals surface area contributed by atoms with E-state index in [1.807, 2.05) is 24.3 Å². The van der Waals surface area contributed by atoms with Crippen LogP contribution in [0.4, 0.5) is 11.6 Å². The van der Waals surface area contributed by atoms with Crippen LogP contribution in [0.1, 0.15) is 11.3 Å². The molecule has 1 aliphatic rings. The maximum atomic E-state index is 6.19. The molecule has 0 saturated heterocycles. The number of nitrogens with zero attached hydrogens (tertiary/aromatic N) is 2. The van der Waals surface area contributed by atoms with Crippen molar-refractivity contribution in [3.05, 3.63) is 45.7 Å². The van der Waals surface area contributed by atoms with Crippen molar-refractivity contribution in [1.29, 1.82) is 0 Å². The minimum atomic E-state index is 0.508. The van der Waals surface area contributed by atoms with Crippen LogP contribution in [-0.2, 0) is 13.0 Å². The fourth-order valence-electron chi connectivity index (χ4n) is 2.02. The minimum Gasteiger partial charge on any atom is -0.324 e. The fraction of sp³-hybridized carbons (Fsp3) is 0.231. The number of hydrogen-bond acceptors (Lipinski definition) is 4. The molecular formula is C13H12Cl2N4. The monoisotopic (exact) mass is 294 g/mol. The van der Waals surface area contributed by atoms with Gasteiger partial charge in [-0.15, -0.1) is 0 Å². The number of rotatable bonds is 2. The molecule has 0 atom stereocenters. The highest BCUT2D eigenvalue weighted by Crippen LogP contribution is 2.23. The van der Waals surface area contributed by atoms with E-state index in [-0.39, 0.29) is 0 Å². The molecule has 0 aliphatic carbocycles. The Morgan fingerprint density at radius 2 is 1.89 bits per heavy atom. The van der Waals surface area contributed by atoms with Gasteiger partial charge in [-0.25, -0.2) is 9.97 Å². The van der Waals surface area contributed by atoms with Gasteiger partial charge in [0, 0.05) is 35.8 Å². The maximum Gasteiger partial charge on any atom is 0.228 e. The SMILES string of the molecule is Clc1ccc(Nc2nc(Cl)c3c(n2)CCNC3)cc1. The Balaban J connectivity index is 1.89. The van der Waals surface area contributed by atoms with Gasteiger partial charge in [0.1, 0.15) is 5.15 Å². The first-order valence-corrected chi connectivity index (χ1v) is 6.76. The predicted octanol–water partition coefficient (Wildman–Crippen LogP) is 3.17. The van der Waals surface area contributed by atoms with E-state index < -0.39 is 0 Å². The fourth-order valence-corrected chi connectivity index (χ4v) is 2.40. The molecule has 19 heavy (non-hydrogen) atoms. The van der Waals surface area contributed by atoms with E-state index in [1.54, 1.807) is 0 Å². The van der Waals surface area contributed by atoms with Crippen molar-refractivity contribution in [2.45, 2.75) is 13.0 Å². The zero-order valence-electron chi connectivity index (χ0n) is 10.1. The molecule has 1 aromatic heterocycles. The van der Waals surface area contributed by atoms with Gasteiger partial charge in [0.25, 0.3) is 0 Å². The quantitative estimate of drug-likeness (QED) is 0.836. The van der Waals surface area contributed by atoms with Gasteiger partial charge in [-0.2, -0.15) is 0 Å². The molecule has 0 bridgehead atoms. The Kier molecular flexibility index (Phi) is 3.55. The van der Waals surface area contributed by atoms with E-state index in [0.29, 0.717) is 16.1 Å². The van der Waals surface area contributed by atoms with E-state index >= 15 is 0 Å². The van der Waals surface area contributed by atoms with Crippen molar-refractivity contribution in [3.8, 4) is 0 Å². The van der Waals surface area contributed by atoms with Crippen LogP contribution in [0, 0.1) is 0 Å². The molecule has 2 heterocycles. The summed E-state index contributed by atoms with van der Waals surface area (Å²) in [6, 6.07) is 7.38. The van der Waals surface area contributed by atoms with Crippen molar-refractivity contribution in [2.75, 3.05) is 11.9 Å². The lowest BCUT2D eigenvalue weighted by atomic mass is 10.1. The van der Waals surface area contributed by atoms with Crippen LogP contribution in [0.5, 0.6) is 0 Å². The summed E-state index contributed by atoms with van der Waals surface area (Å²) in [7, 11) is 0. The molecule has 6 heteroatoms. The molecule has 1 aromatic carbocycles. The zero-order valence-corrected chi connectivity index (χ0v) is 11.6. The highest BCUT2D eigenvalue weighted by atomic mass is 35.5. The Morgan fingerprint density at radius 3 is 2.68 bits per heavy atom. The molecule has 0 amide bonds. The molecule has 0 radical (unpaired) electrons. The topological polar surface area (TPSA) is 49.8 Å². The lowest BCUT2D eigenvalue weighted by molar-refractivity contribution is 0.627. The lowest BCUT2D eigenvalue weighted by Gasteiger charge is -2.18. The van der Waals surface area contributed by atoms with Crippen LogP contribution < -0.4 is 10.6 Å². The van der Waals surface area contributed by atoms with Gasteiger partial charge in [-0.1, -0.05) is 23.2 Å². The van der Waals surface area contributed by atoms with Gasteiger partial charge in [0.2, 0.25) is 5.95 Å². The number of benzene rings is 1. The van der Waals surface area contributed by atoms with E-state index in [4.69, 9.17) is 23.2 Å². The second-order valence-corrected chi connectivity index (χ2v) is 5.12. The number of hydrogen-bond donors (Lipinski definition) is 2. The van der Waals surface area contributed by atoms with Crippen molar-refractivity contribution >= 4 is 34.8 Å². The molecular weight excluding hydrogens is 283 g/mol. The average Bonchev–Trinajstić information content (AvgIpc) is 2.42. The maximum absolute atomic E-state index is 6.19. The molecule has 0 fully saturated rings. The van der Waals surface area contributed by atoms with Gasteiger partial charge >= 0.3 is 0 Å². The smallest absolute Gasteiger partial charge is 0.228 e. The van der Waals surface area contributed by atoms with E-state index in [1.165, 1.54) is 0 Å². The largest absolute Gasteiger partial charge is 0.324 e. The van der Waals surface area contributed by atoms with Crippen LogP contribution >= 0.6 is 23.2 Å². The van der Waals surface area contributed by atoms with Crippen LogP contribution in [0.2, 0.25) is 10.2 Å². The summed E-state index contributed by atoms with van der Waals surface area (Å²) in [4.78, 5) is 8.79. The van der Waals surface area contributed by atoms with E-state index in [2.05, 4.69) is 20.6 Å². The predicted molar refractivity (Wildman–Crippen MR) is 77.2 cm³/mol. The number of anilines is 2. The van der Waals surface area contributed by atoms with E-state index in [9.17, 15) is 0 Å². The van der Waals surface area contributed by atoms with Gasteiger partial charge < -0.3 is 10.6 Å². The first-order valence-electron chi connectivity index (χ1n) is 6.01. The highest BCUT2D eigenvalue weighted by Gasteiger charge is 2.16. The number of fused-ring (bicyclic) bond motifs is 1. The van der Waals surface area contributed by atoms with Gasteiger partial charge in [0.15, 0.2) is 0 Å². The van der Waals surface area contributed by atoms with Gasteiger partial charge in [-0.05, 0) is 24.3 Å². The second kappa shape index (κ2) is 5.33. The molecule has 1 aliphatic heterocycles. The number of aromatic nitrogens is 2. The summed E-state index contributed by atoms with van der Waals surface area (Å²) < 4.78 is 0. The van der Waals surface area contributed by atoms with Gasteiger partial charge in [-0.3, -0.25) is 0 Å². The standard InChI is InChI=1S/C13H12Cl2N4/c14-8-1-3-9(4-2-8)17-13-18-11-5-6-16-7-10(11)12(15)19-13/h1-4,16H,5-7H2,(H,17,18,19). The average molecular weight is 295 g/mol. The molecule has 3 rings (SSSR count). The van der Waals surface area contributed by atoms with Gasteiger partial charge in [0.05, 0.1) is 5.69 Å². The third kappa shape index (κ3) is 2.81. The molecule has 0 unspecified atom stereocenters. The molecule has 98 valence electrons. The number of nitrogens with one attached hydrogen (secondary N) is 2. The third-order valence-electron chi connectivity index (χ3n) is 2.98. The van der Waals surface area contributed by atoms with Crippen LogP contribution in [0.25, 0.3) is 0 Å². The summed E-state index contributed by atoms with van der Waals surface area (Å²) in [5, 5.41) is 7.60. The normalized spacial score (nSPS) is 14.0. The lowest BCUT2D eigenvalue weighted by Crippen LogP contribution is -2.25. The summed E-state index contributed by atoms with van der Waals surface area (Å²) in [5.41, 5.74) is 2.89. The van der Waals surface area contributed by atoms with Crippen LogP contribution in [0.15, 0.2) is 24.3 Å². The minimum absolute atomic E-state index is 0.508. The van der Waals surface area contributed by atoms with Crippen molar-refractivity contribution in [2.24, 2.45) is 0 Å². The Morgan fingerprint density at radius 1 is 1.11 bits per heavy atom. The van der Waals surface area contributed by atoms with E-state index in [0.717, 1.165) is 36.5 Å². The summed E-state index contributed by atoms with van der Waals surface area (Å²) in [5.74, 6) is 0.521. The van der Waals surface area contributed by atoms with Crippen LogP contribution in [-0.4, -0.2) is 16.5 Å². The van der Waals surface area contributed by atoms with Crippen molar-refractivity contribution in [3.63, 3.8) is 0 Å². The molecule has 0 spiro atoms. The first-order chi connectivity index (χ1) is 9.22. The molecule has 2 N–H and O–H groups in total. The Bertz CT molecular complexity index is 598. The van der Waals surface area contributed by atoms with Crippen molar-refractivity contribution in [1.82, 2.24) is 15.3 Å². The third-order valence-corrected chi connectivity index (χ3v) is 3.55. The highest BCUT2D eigenvalue weighted by molar-refractivity contribution is 6.30. The first kappa shape index (κ1) is 12.7. The molecule has 4 nitrogen and oxygen atoms in total.